The van der Waals surface area contributed by atoms with Crippen molar-refractivity contribution in [2.45, 2.75) is 157 Å². The topological polar surface area (TPSA) is 284 Å². The molecule has 0 aromatic carbocycles. The fourth-order valence-electron chi connectivity index (χ4n) is 7.71. The number of carbonyl (C=O) groups excluding carboxylic acids is 2. The third-order valence-corrected chi connectivity index (χ3v) is 10.4. The molecule has 49 heavy (non-hydrogen) atoms. The Bertz CT molecular complexity index is 1110. The lowest BCUT2D eigenvalue weighted by atomic mass is 9.72. The van der Waals surface area contributed by atoms with E-state index >= 15 is 0 Å². The van der Waals surface area contributed by atoms with Crippen LogP contribution < -0.4 is 0 Å². The quantitative estimate of drug-likeness (QED) is 0.0804. The molecule has 10 N–H and O–H groups in total. The van der Waals surface area contributed by atoms with Crippen LogP contribution in [0.1, 0.15) is 52.4 Å². The largest absolute Gasteiger partial charge is 0.463 e. The van der Waals surface area contributed by atoms with Gasteiger partial charge in [-0.1, -0.05) is 0 Å². The number of rotatable bonds is 9. The molecular weight excluding hydrogens is 660 g/mol. The van der Waals surface area contributed by atoms with Gasteiger partial charge < -0.3 is 79.1 Å². The number of fused-ring (bicyclic) bond motifs is 1. The minimum absolute atomic E-state index is 0.0696. The molecule has 5 aliphatic rings. The smallest absolute Gasteiger partial charge is 0.302 e. The molecule has 19 atom stereocenters. The molecule has 5 rings (SSSR count). The van der Waals surface area contributed by atoms with E-state index in [-0.39, 0.29) is 31.6 Å². The van der Waals surface area contributed by atoms with Gasteiger partial charge in [0.1, 0.15) is 68.1 Å². The maximum atomic E-state index is 11.4. The van der Waals surface area contributed by atoms with E-state index in [0.717, 1.165) is 13.8 Å². The molecule has 3 saturated heterocycles. The molecule has 5 fully saturated rings. The first kappa shape index (κ1) is 38.6. The van der Waals surface area contributed by atoms with Crippen LogP contribution in [0.3, 0.4) is 0 Å². The molecule has 0 aromatic rings. The molecule has 2 saturated carbocycles. The van der Waals surface area contributed by atoms with Crippen LogP contribution in [0.5, 0.6) is 0 Å². The zero-order chi connectivity index (χ0) is 35.7. The second kappa shape index (κ2) is 16.4. The summed E-state index contributed by atoms with van der Waals surface area (Å²) in [5.74, 6) is -2.09. The Balaban J connectivity index is 1.37. The normalized spacial score (nSPS) is 49.1. The van der Waals surface area contributed by atoms with Gasteiger partial charge in [-0.05, 0) is 25.7 Å². The second-order valence-electron chi connectivity index (χ2n) is 13.9. The molecule has 3 heterocycles. The Hall–Kier alpha value is -1.62. The molecule has 282 valence electrons. The molecule has 0 aromatic heterocycles. The average Bonchev–Trinajstić information content (AvgIpc) is 3.05. The first-order chi connectivity index (χ1) is 23.1. The number of esters is 2. The van der Waals surface area contributed by atoms with Crippen molar-refractivity contribution >= 4 is 11.9 Å². The van der Waals surface area contributed by atoms with Crippen molar-refractivity contribution in [2.24, 2.45) is 11.8 Å². The highest BCUT2D eigenvalue weighted by Crippen LogP contribution is 2.44. The van der Waals surface area contributed by atoms with Crippen molar-refractivity contribution in [3.8, 4) is 0 Å². The standard InChI is InChI=1S/C31H50O18/c1-11(32)43-9-21-23(37)25(39)27(41)30(48-21)46-19-7-14(34)6-18-15(19)8-20(29(45-18)13-3-4-16(35)17(36)5-13)47-31-28(42)26(40)24(38)22(49-31)10-44-12(2)33/h13-31,34-42H,3-10H2,1-2H3/p+1/t13?,14?,15?,16?,17?,18?,19?,20?,21-,22-,23-,24-,25+,26+,27-,28-,29?,30-,31-/m1/s1. The lowest BCUT2D eigenvalue weighted by Gasteiger charge is -2.50. The van der Waals surface area contributed by atoms with Gasteiger partial charge in [-0.2, -0.15) is 0 Å². The number of hydrogen-bond donors (Lipinski definition) is 9. The maximum absolute atomic E-state index is 11.4. The van der Waals surface area contributed by atoms with Crippen LogP contribution in [-0.4, -0.2) is 180 Å². The number of hydrogen-bond acceptors (Lipinski definition) is 17. The van der Waals surface area contributed by atoms with Crippen molar-refractivity contribution in [3.63, 3.8) is 0 Å². The fraction of sp³-hybridized carbons (Fsp3) is 0.935. The summed E-state index contributed by atoms with van der Waals surface area (Å²) < 4.78 is 39.0. The summed E-state index contributed by atoms with van der Waals surface area (Å²) in [6.07, 6.45) is -19.7. The summed E-state index contributed by atoms with van der Waals surface area (Å²) in [5.41, 5.74) is 0. The van der Waals surface area contributed by atoms with Crippen molar-refractivity contribution in [1.82, 2.24) is 0 Å². The molecule has 0 radical (unpaired) electrons. The maximum Gasteiger partial charge on any atom is 0.302 e. The molecule has 0 bridgehead atoms. The van der Waals surface area contributed by atoms with Gasteiger partial charge in [0.25, 0.3) is 0 Å². The van der Waals surface area contributed by atoms with Gasteiger partial charge in [-0.3, -0.25) is 9.59 Å². The molecule has 9 unspecified atom stereocenters. The monoisotopic (exact) mass is 711 g/mol. The Morgan fingerprint density at radius 2 is 1.16 bits per heavy atom. The van der Waals surface area contributed by atoms with E-state index in [9.17, 15) is 55.5 Å². The van der Waals surface area contributed by atoms with Crippen LogP contribution >= 0.6 is 0 Å². The molecule has 0 amide bonds. The van der Waals surface area contributed by atoms with E-state index in [4.69, 9.17) is 33.2 Å². The highest BCUT2D eigenvalue weighted by molar-refractivity contribution is 5.66. The number of ether oxygens (including phenoxy) is 7. The van der Waals surface area contributed by atoms with Crippen LogP contribution in [0.4, 0.5) is 0 Å². The first-order valence-corrected chi connectivity index (χ1v) is 16.9. The van der Waals surface area contributed by atoms with Gasteiger partial charge in [0.2, 0.25) is 0 Å². The molecule has 18 heteroatoms. The zero-order valence-corrected chi connectivity index (χ0v) is 27.4. The molecule has 0 spiro atoms. The lowest BCUT2D eigenvalue weighted by molar-refractivity contribution is -0.367. The minimum atomic E-state index is -1.72. The van der Waals surface area contributed by atoms with Gasteiger partial charge in [0.15, 0.2) is 24.8 Å². The molecule has 3 aliphatic heterocycles. The van der Waals surface area contributed by atoms with Crippen molar-refractivity contribution in [1.29, 1.82) is 0 Å². The summed E-state index contributed by atoms with van der Waals surface area (Å²) in [6, 6.07) is 0. The van der Waals surface area contributed by atoms with E-state index in [1.54, 1.807) is 0 Å². The van der Waals surface area contributed by atoms with Crippen molar-refractivity contribution in [3.05, 3.63) is 0 Å². The van der Waals surface area contributed by atoms with E-state index < -0.39 is 135 Å². The lowest BCUT2D eigenvalue weighted by Crippen LogP contribution is -2.64. The summed E-state index contributed by atoms with van der Waals surface area (Å²) in [4.78, 5) is 22.8. The van der Waals surface area contributed by atoms with Gasteiger partial charge >= 0.3 is 11.9 Å². The Morgan fingerprint density at radius 3 is 1.67 bits per heavy atom. The highest BCUT2D eigenvalue weighted by Gasteiger charge is 2.56. The summed E-state index contributed by atoms with van der Waals surface area (Å²) in [5, 5.41) is 95.3. The summed E-state index contributed by atoms with van der Waals surface area (Å²) in [7, 11) is 0. The second-order valence-corrected chi connectivity index (χ2v) is 13.9. The van der Waals surface area contributed by atoms with Gasteiger partial charge in [-0.25, -0.2) is 0 Å². The predicted molar refractivity (Wildman–Crippen MR) is 159 cm³/mol. The van der Waals surface area contributed by atoms with Gasteiger partial charge in [-0.15, -0.1) is 0 Å². The Labute approximate surface area is 282 Å². The molecule has 18 nitrogen and oxygen atoms in total. The van der Waals surface area contributed by atoms with Crippen LogP contribution in [0, 0.1) is 11.8 Å². The minimum Gasteiger partial charge on any atom is -0.463 e. The van der Waals surface area contributed by atoms with E-state index in [1.165, 1.54) is 0 Å². The summed E-state index contributed by atoms with van der Waals surface area (Å²) in [6.45, 7) is 1.48. The SMILES string of the molecule is CC(=O)OC[C@H]1O[C@@H](OC2CC(O)CC3[OH+]C(C4CCC(O)C(O)C4)C(O[C@@H]4O[C@H](COC(C)=O)[C@@H](O)[C@H](O)[C@H]4O)CC23)[C@H](O)[C@@H](O)[C@@H]1O. The third-order valence-electron chi connectivity index (χ3n) is 10.4. The molecule has 2 aliphatic carbocycles. The van der Waals surface area contributed by atoms with E-state index in [0.29, 0.717) is 12.8 Å². The summed E-state index contributed by atoms with van der Waals surface area (Å²) >= 11 is 0. The number of carbonyl (C=O) groups is 2. The fourth-order valence-corrected chi connectivity index (χ4v) is 7.71. The zero-order valence-electron chi connectivity index (χ0n) is 27.4. The third kappa shape index (κ3) is 8.89. The van der Waals surface area contributed by atoms with Crippen LogP contribution in [0.2, 0.25) is 0 Å². The van der Waals surface area contributed by atoms with Gasteiger partial charge in [0, 0.05) is 32.6 Å². The molecular formula is C31H51O18+. The van der Waals surface area contributed by atoms with E-state index in [2.05, 4.69) is 0 Å². The first-order valence-electron chi connectivity index (χ1n) is 16.9. The van der Waals surface area contributed by atoms with Crippen LogP contribution in [-0.2, 0) is 38.0 Å². The van der Waals surface area contributed by atoms with Crippen molar-refractivity contribution < 1.29 is 88.7 Å². The number of aliphatic hydroxyl groups is 11. The predicted octanol–water partition coefficient (Wildman–Crippen LogP) is -4.54. The van der Waals surface area contributed by atoms with Gasteiger partial charge in [0.05, 0.1) is 30.3 Å². The Morgan fingerprint density at radius 1 is 0.633 bits per heavy atom. The van der Waals surface area contributed by atoms with Crippen LogP contribution in [0.15, 0.2) is 0 Å². The van der Waals surface area contributed by atoms with Crippen molar-refractivity contribution in [2.75, 3.05) is 13.2 Å². The van der Waals surface area contributed by atoms with Crippen LogP contribution in [0.25, 0.3) is 0 Å². The number of aliphatic hydroxyl groups excluding tert-OH is 9. The highest BCUT2D eigenvalue weighted by atomic mass is 16.7. The van der Waals surface area contributed by atoms with E-state index in [1.807, 2.05) is 0 Å². The average molecular weight is 712 g/mol. The Kier molecular flexibility index (Phi) is 12.9.